The van der Waals surface area contributed by atoms with Crippen molar-refractivity contribution in [1.82, 2.24) is 0 Å². The Bertz CT molecular complexity index is 641. The molecule has 0 radical (unpaired) electrons. The molecule has 0 spiro atoms. The minimum atomic E-state index is -1.47. The third-order valence-corrected chi connectivity index (χ3v) is 8.64. The van der Waals surface area contributed by atoms with E-state index in [1.165, 1.54) is 13.2 Å². The van der Waals surface area contributed by atoms with Gasteiger partial charge in [0.25, 0.3) is 0 Å². The Morgan fingerprint density at radius 1 is 0.650 bits per heavy atom. The van der Waals surface area contributed by atoms with Gasteiger partial charge in [-0.05, 0) is 0 Å². The van der Waals surface area contributed by atoms with Gasteiger partial charge in [0.15, 0.2) is 0 Å². The summed E-state index contributed by atoms with van der Waals surface area (Å²) in [4.78, 5) is 0. The molecule has 1 aromatic heterocycles. The third-order valence-electron chi connectivity index (χ3n) is 3.29. The molecule has 0 atom stereocenters. The minimum absolute atomic E-state index is 1.44. The van der Waals surface area contributed by atoms with Gasteiger partial charge in [-0.3, -0.25) is 0 Å². The van der Waals surface area contributed by atoms with Crippen LogP contribution in [0.1, 0.15) is 0 Å². The number of rotatable bonds is 3. The molecule has 20 heavy (non-hydrogen) atoms. The van der Waals surface area contributed by atoms with Crippen LogP contribution < -0.4 is 17.8 Å². The Hall–Kier alpha value is -1.85. The molecule has 3 rings (SSSR count). The molecule has 0 N–H and O–H groups in total. The van der Waals surface area contributed by atoms with Crippen molar-refractivity contribution >= 4 is 27.8 Å². The van der Waals surface area contributed by atoms with E-state index in [1.54, 1.807) is 0 Å². The van der Waals surface area contributed by atoms with Crippen molar-refractivity contribution in [2.75, 3.05) is 0 Å². The fourth-order valence-electron chi connectivity index (χ4n) is 2.31. The quantitative estimate of drug-likeness (QED) is 0.501. The molecule has 2 aromatic carbocycles. The van der Waals surface area contributed by atoms with Gasteiger partial charge in [0, 0.05) is 0 Å². The van der Waals surface area contributed by atoms with Crippen LogP contribution >= 0.6 is 0 Å². The topological polar surface area (TPSA) is 3.88 Å². The number of pyridine rings is 1. The molecule has 0 bridgehead atoms. The molecular formula is C18H17AsN+. The molecule has 0 unspecified atom stereocenters. The summed E-state index contributed by atoms with van der Waals surface area (Å²) in [5, 5.41) is 0. The van der Waals surface area contributed by atoms with Gasteiger partial charge in [-0.25, -0.2) is 0 Å². The first kappa shape index (κ1) is 13.1. The van der Waals surface area contributed by atoms with Crippen LogP contribution in [0.3, 0.4) is 0 Å². The molecule has 0 aliphatic carbocycles. The van der Waals surface area contributed by atoms with E-state index in [4.69, 9.17) is 0 Å². The van der Waals surface area contributed by atoms with Crippen molar-refractivity contribution in [1.29, 1.82) is 0 Å². The van der Waals surface area contributed by atoms with E-state index in [0.29, 0.717) is 0 Å². The van der Waals surface area contributed by atoms with Crippen LogP contribution in [0.5, 0.6) is 0 Å². The molecule has 0 aliphatic rings. The van der Waals surface area contributed by atoms with Gasteiger partial charge in [0.2, 0.25) is 0 Å². The summed E-state index contributed by atoms with van der Waals surface area (Å²) in [5.74, 6) is 0. The Balaban J connectivity index is 2.17. The zero-order valence-corrected chi connectivity index (χ0v) is 13.4. The third kappa shape index (κ3) is 2.69. The fourth-order valence-corrected chi connectivity index (χ4v) is 7.32. The van der Waals surface area contributed by atoms with E-state index >= 15 is 0 Å². The maximum absolute atomic E-state index is 2.26. The molecule has 98 valence electrons. The fraction of sp³-hybridized carbons (Fsp3) is 0.0556. The van der Waals surface area contributed by atoms with Crippen molar-refractivity contribution in [2.24, 2.45) is 7.05 Å². The summed E-state index contributed by atoms with van der Waals surface area (Å²) < 4.78 is 6.64. The molecule has 0 saturated carbocycles. The van der Waals surface area contributed by atoms with Crippen molar-refractivity contribution in [3.05, 3.63) is 85.1 Å². The van der Waals surface area contributed by atoms with Gasteiger partial charge in [0.05, 0.1) is 0 Å². The average molecular weight is 322 g/mol. The predicted molar refractivity (Wildman–Crippen MR) is 85.2 cm³/mol. The molecule has 0 saturated heterocycles. The number of benzene rings is 2. The molecule has 3 aromatic rings. The molecule has 0 amide bonds. The summed E-state index contributed by atoms with van der Waals surface area (Å²) in [7, 11) is 2.14. The second-order valence-corrected chi connectivity index (χ2v) is 9.21. The van der Waals surface area contributed by atoms with Gasteiger partial charge < -0.3 is 0 Å². The van der Waals surface area contributed by atoms with Crippen LogP contribution in [0.25, 0.3) is 0 Å². The maximum atomic E-state index is 2.26. The molecule has 0 aliphatic heterocycles. The van der Waals surface area contributed by atoms with Crippen LogP contribution in [0.15, 0.2) is 85.1 Å². The zero-order chi connectivity index (χ0) is 13.8. The average Bonchev–Trinajstić information content (AvgIpc) is 2.52. The molecule has 0 fully saturated rings. The number of nitrogens with zero attached hydrogens (tertiary/aromatic N) is 1. The van der Waals surface area contributed by atoms with Crippen LogP contribution in [0.2, 0.25) is 0 Å². The van der Waals surface area contributed by atoms with Crippen molar-refractivity contribution in [3.8, 4) is 0 Å². The Morgan fingerprint density at radius 3 is 1.65 bits per heavy atom. The normalized spacial score (nSPS) is 10.7. The first-order valence-electron chi connectivity index (χ1n) is 6.71. The summed E-state index contributed by atoms with van der Waals surface area (Å²) in [6.07, 6.45) is 2.14. The van der Waals surface area contributed by atoms with Crippen LogP contribution in [0.4, 0.5) is 0 Å². The van der Waals surface area contributed by atoms with E-state index in [9.17, 15) is 0 Å². The monoisotopic (exact) mass is 322 g/mol. The summed E-state index contributed by atoms with van der Waals surface area (Å²) in [6.45, 7) is 0. The molecule has 2 heteroatoms. The zero-order valence-electron chi connectivity index (χ0n) is 11.5. The SMILES string of the molecule is C[n+]1ccccc1[As](c1ccccc1)c1ccccc1. The molecule has 1 nitrogen and oxygen atoms in total. The van der Waals surface area contributed by atoms with Gasteiger partial charge in [-0.15, -0.1) is 0 Å². The van der Waals surface area contributed by atoms with Gasteiger partial charge >= 0.3 is 125 Å². The van der Waals surface area contributed by atoms with Crippen LogP contribution in [-0.2, 0) is 7.05 Å². The number of aryl methyl sites for hydroxylation is 1. The van der Waals surface area contributed by atoms with Gasteiger partial charge in [0.1, 0.15) is 0 Å². The second kappa shape index (κ2) is 6.07. The van der Waals surface area contributed by atoms with Gasteiger partial charge in [-0.2, -0.15) is 0 Å². The second-order valence-electron chi connectivity index (χ2n) is 4.68. The first-order valence-corrected chi connectivity index (χ1v) is 9.52. The Morgan fingerprint density at radius 2 is 1.15 bits per heavy atom. The summed E-state index contributed by atoms with van der Waals surface area (Å²) >= 11 is -1.47. The van der Waals surface area contributed by atoms with Crippen LogP contribution in [-0.4, -0.2) is 14.7 Å². The molecular weight excluding hydrogens is 305 g/mol. The standard InChI is InChI=1S/C18H17AsN/c1-20-15-9-8-14-18(20)19(16-10-4-2-5-11-16)17-12-6-3-7-13-17/h2-15H,1H3/q+1. The Labute approximate surface area is 124 Å². The van der Waals surface area contributed by atoms with Gasteiger partial charge in [-0.1, -0.05) is 0 Å². The Kier molecular flexibility index (Phi) is 3.99. The van der Waals surface area contributed by atoms with Crippen molar-refractivity contribution in [3.63, 3.8) is 0 Å². The van der Waals surface area contributed by atoms with Crippen molar-refractivity contribution in [2.45, 2.75) is 0 Å². The molecule has 1 heterocycles. The first-order chi connectivity index (χ1) is 9.86. The summed E-state index contributed by atoms with van der Waals surface area (Å²) in [5.41, 5.74) is 0. The van der Waals surface area contributed by atoms with E-state index in [0.717, 1.165) is 0 Å². The number of hydrogen-bond acceptors (Lipinski definition) is 0. The number of hydrogen-bond donors (Lipinski definition) is 0. The van der Waals surface area contributed by atoms with Crippen LogP contribution in [0, 0.1) is 0 Å². The summed E-state index contributed by atoms with van der Waals surface area (Å²) in [6, 6.07) is 28.3. The number of aromatic nitrogens is 1. The van der Waals surface area contributed by atoms with E-state index in [2.05, 4.69) is 96.7 Å². The van der Waals surface area contributed by atoms with Crippen molar-refractivity contribution < 1.29 is 4.57 Å². The predicted octanol–water partition coefficient (Wildman–Crippen LogP) is 1.03. The van der Waals surface area contributed by atoms with E-state index < -0.39 is 14.7 Å². The van der Waals surface area contributed by atoms with E-state index in [-0.39, 0.29) is 0 Å². The van der Waals surface area contributed by atoms with E-state index in [1.807, 2.05) is 0 Å².